The minimum absolute atomic E-state index is 0. The zero-order chi connectivity index (χ0) is 33.5. The number of nitrogens with two attached hydrogens (primary N) is 2. The molecule has 24 heteroatoms. The molecule has 0 bridgehead atoms. The number of nitrogens with one attached hydrogen (secondary N) is 4. The van der Waals surface area contributed by atoms with Crippen LogP contribution in [0.25, 0.3) is 12.2 Å². The molecule has 2 aromatic heterocycles. The minimum Gasteiger partial charge on any atom is -0.395 e. The van der Waals surface area contributed by atoms with Gasteiger partial charge in [-0.05, 0) is 35.4 Å². The van der Waals surface area contributed by atoms with Crippen molar-refractivity contribution in [3.63, 3.8) is 0 Å². The number of benzene rings is 2. The molecule has 0 amide bonds. The van der Waals surface area contributed by atoms with Crippen molar-refractivity contribution >= 4 is 139 Å². The van der Waals surface area contributed by atoms with Crippen LogP contribution in [0.4, 0.5) is 47.1 Å². The molecule has 4 rings (SSSR count). The molecule has 0 spiro atoms. The van der Waals surface area contributed by atoms with E-state index in [4.69, 9.17) is 21.7 Å². The number of aromatic nitrogens is 6. The standard InChI is InChI=1S/C24H28N12O8S2.2Na/c25-19-31-21(27-7-9-37)35-23(33-19)29-15-5-3-13(17(11-15)45(39,40)41)1-2-14-4-6-16(12-18(14)46(42,43)44)30-24-34-20(26)32-22(36-24)28-8-10-38;;/h1-6,11-12,37-38H,7-10H2,(H,39,40,41)(H,42,43,44)(H4,25,27,29,31,33,35)(H4,26,28,30,32,34,36);;. The van der Waals surface area contributed by atoms with Crippen molar-refractivity contribution < 1.29 is 36.2 Å². The quantitative estimate of drug-likeness (QED) is 0.0442. The minimum atomic E-state index is -4.81. The first-order valence-corrected chi connectivity index (χ1v) is 15.8. The Hall–Kier alpha value is -3.26. The summed E-state index contributed by atoms with van der Waals surface area (Å²) in [5.74, 6) is -0.373. The second kappa shape index (κ2) is 17.9. The number of nitrogen functional groups attached to an aromatic ring is 2. The van der Waals surface area contributed by atoms with Crippen LogP contribution in [0, 0.1) is 0 Å². The zero-order valence-corrected chi connectivity index (χ0v) is 31.2. The molecule has 20 nitrogen and oxygen atoms in total. The Bertz CT molecular complexity index is 1850. The van der Waals surface area contributed by atoms with Crippen molar-refractivity contribution in [2.24, 2.45) is 0 Å². The predicted octanol–water partition coefficient (Wildman–Crippen LogP) is -0.581. The number of nitrogens with zero attached hydrogens (tertiary/aromatic N) is 6. The summed E-state index contributed by atoms with van der Waals surface area (Å²) in [6.45, 7) is -0.132. The van der Waals surface area contributed by atoms with Crippen LogP contribution in [-0.4, -0.2) is 151 Å². The summed E-state index contributed by atoms with van der Waals surface area (Å²) >= 11 is 0. The van der Waals surface area contributed by atoms with Gasteiger partial charge in [-0.2, -0.15) is 46.7 Å². The Morgan fingerprint density at radius 1 is 0.604 bits per heavy atom. The number of rotatable bonds is 14. The zero-order valence-electron chi connectivity index (χ0n) is 25.5. The summed E-state index contributed by atoms with van der Waals surface area (Å²) in [7, 11) is -9.62. The molecular formula is C24H28N12Na2O8S2. The molecular weight excluding hydrogens is 694 g/mol. The van der Waals surface area contributed by atoms with Gasteiger partial charge >= 0.3 is 0 Å². The third-order valence-electron chi connectivity index (χ3n) is 5.63. The molecule has 0 aliphatic rings. The van der Waals surface area contributed by atoms with Gasteiger partial charge in [0.25, 0.3) is 20.2 Å². The fourth-order valence-electron chi connectivity index (χ4n) is 3.77. The average Bonchev–Trinajstić information content (AvgIpc) is 2.97. The maximum atomic E-state index is 12.3. The second-order valence-electron chi connectivity index (χ2n) is 9.02. The molecule has 2 heterocycles. The van der Waals surface area contributed by atoms with Gasteiger partial charge in [0.1, 0.15) is 9.79 Å². The molecule has 0 fully saturated rings. The molecule has 2 aromatic carbocycles. The molecule has 0 aliphatic heterocycles. The normalized spacial score (nSPS) is 11.3. The van der Waals surface area contributed by atoms with Gasteiger partial charge in [0.05, 0.1) is 13.2 Å². The maximum Gasteiger partial charge on any atom is 0.295 e. The number of aliphatic hydroxyl groups is 2. The van der Waals surface area contributed by atoms with Gasteiger partial charge in [-0.1, -0.05) is 24.3 Å². The van der Waals surface area contributed by atoms with Gasteiger partial charge in [-0.15, -0.1) is 0 Å². The smallest absolute Gasteiger partial charge is 0.295 e. The molecule has 48 heavy (non-hydrogen) atoms. The third kappa shape index (κ3) is 11.7. The number of anilines is 8. The van der Waals surface area contributed by atoms with Crippen LogP contribution in [0.15, 0.2) is 46.2 Å². The van der Waals surface area contributed by atoms with E-state index in [9.17, 15) is 25.9 Å². The van der Waals surface area contributed by atoms with Gasteiger partial charge in [0, 0.05) is 83.6 Å². The Morgan fingerprint density at radius 2 is 0.958 bits per heavy atom. The van der Waals surface area contributed by atoms with Crippen LogP contribution in [0.5, 0.6) is 0 Å². The third-order valence-corrected chi connectivity index (χ3v) is 7.45. The summed E-state index contributed by atoms with van der Waals surface area (Å²) in [5, 5.41) is 28.9. The Kier molecular flexibility index (Phi) is 15.3. The molecule has 0 saturated heterocycles. The van der Waals surface area contributed by atoms with E-state index in [1.807, 2.05) is 0 Å². The molecule has 246 valence electrons. The fraction of sp³-hybridized carbons (Fsp3) is 0.167. The average molecular weight is 723 g/mol. The Morgan fingerprint density at radius 3 is 1.29 bits per heavy atom. The first-order chi connectivity index (χ1) is 21.7. The predicted molar refractivity (Wildman–Crippen MR) is 179 cm³/mol. The van der Waals surface area contributed by atoms with Gasteiger partial charge in [-0.3, -0.25) is 9.11 Å². The monoisotopic (exact) mass is 722 g/mol. The van der Waals surface area contributed by atoms with Crippen LogP contribution in [0.1, 0.15) is 11.1 Å². The first kappa shape index (κ1) is 40.9. The molecule has 0 saturated carbocycles. The van der Waals surface area contributed by atoms with Crippen LogP contribution >= 0.6 is 0 Å². The molecule has 12 N–H and O–H groups in total. The number of hydrogen-bond acceptors (Lipinski definition) is 18. The van der Waals surface area contributed by atoms with Crippen molar-refractivity contribution in [3.8, 4) is 0 Å². The summed E-state index contributed by atoms with van der Waals surface area (Å²) in [6.07, 6.45) is 2.43. The van der Waals surface area contributed by atoms with E-state index in [-0.39, 0.29) is 144 Å². The van der Waals surface area contributed by atoms with Crippen LogP contribution < -0.4 is 32.7 Å². The van der Waals surface area contributed by atoms with Crippen molar-refractivity contribution in [1.29, 1.82) is 0 Å². The summed E-state index contributed by atoms with van der Waals surface area (Å²) in [6, 6.07) is 7.64. The Balaban J connectivity index is 0.00000400. The first-order valence-electron chi connectivity index (χ1n) is 12.9. The largest absolute Gasteiger partial charge is 0.395 e. The number of aliphatic hydroxyl groups excluding tert-OH is 2. The second-order valence-corrected chi connectivity index (χ2v) is 11.8. The van der Waals surface area contributed by atoms with E-state index in [0.717, 1.165) is 12.1 Å². The number of hydrogen-bond donors (Lipinski definition) is 10. The summed E-state index contributed by atoms with van der Waals surface area (Å²) in [4.78, 5) is 22.6. The van der Waals surface area contributed by atoms with Gasteiger partial charge in [-0.25, -0.2) is 0 Å². The van der Waals surface area contributed by atoms with Crippen molar-refractivity contribution in [2.45, 2.75) is 9.79 Å². The molecule has 2 radical (unpaired) electrons. The van der Waals surface area contributed by atoms with E-state index < -0.39 is 30.0 Å². The summed E-state index contributed by atoms with van der Waals surface area (Å²) in [5.41, 5.74) is 11.5. The molecule has 0 aliphatic carbocycles. The molecule has 0 unspecified atom stereocenters. The van der Waals surface area contributed by atoms with Crippen molar-refractivity contribution in [3.05, 3.63) is 47.5 Å². The topological polar surface area (TPSA) is 327 Å². The van der Waals surface area contributed by atoms with E-state index in [2.05, 4.69) is 51.2 Å². The molecule has 4 aromatic rings. The van der Waals surface area contributed by atoms with E-state index in [0.29, 0.717) is 0 Å². The fourth-order valence-corrected chi connectivity index (χ4v) is 5.19. The van der Waals surface area contributed by atoms with Gasteiger partial charge in [0.2, 0.25) is 35.7 Å². The van der Waals surface area contributed by atoms with Crippen LogP contribution in [-0.2, 0) is 20.2 Å². The van der Waals surface area contributed by atoms with E-state index in [1.165, 1.54) is 36.4 Å². The van der Waals surface area contributed by atoms with Gasteiger partial charge < -0.3 is 42.9 Å². The maximum absolute atomic E-state index is 12.3. The van der Waals surface area contributed by atoms with E-state index >= 15 is 0 Å². The van der Waals surface area contributed by atoms with Crippen molar-refractivity contribution in [2.75, 3.05) is 59.0 Å². The Labute approximate surface area is 318 Å². The van der Waals surface area contributed by atoms with Crippen LogP contribution in [0.3, 0.4) is 0 Å². The molecule has 0 atom stereocenters. The van der Waals surface area contributed by atoms with Crippen LogP contribution in [0.2, 0.25) is 0 Å². The van der Waals surface area contributed by atoms with E-state index in [1.54, 1.807) is 0 Å². The summed E-state index contributed by atoms with van der Waals surface area (Å²) < 4.78 is 68.9. The van der Waals surface area contributed by atoms with Crippen molar-refractivity contribution in [1.82, 2.24) is 29.9 Å². The SMILES string of the molecule is Nc1nc(NCCO)nc(Nc2ccc(C=Cc3ccc(Nc4nc(N)nc(NCCO)n4)cc3S(=O)(=O)O)c(S(=O)(=O)O)c2)n1.[Na].[Na]. The van der Waals surface area contributed by atoms with Gasteiger partial charge in [0.15, 0.2) is 0 Å².